The average molecular weight is 1680 g/mol. The van der Waals surface area contributed by atoms with Gasteiger partial charge in [-0.1, -0.05) is 314 Å². The molecule has 0 atom stereocenters. The van der Waals surface area contributed by atoms with Gasteiger partial charge in [-0.05, 0) is 231 Å². The van der Waals surface area contributed by atoms with Crippen molar-refractivity contribution in [2.45, 2.75) is 471 Å². The summed E-state index contributed by atoms with van der Waals surface area (Å²) in [5.74, 6) is 10.8. The monoisotopic (exact) mass is 1670 g/mol. The van der Waals surface area contributed by atoms with Crippen molar-refractivity contribution < 1.29 is 0 Å². The fourth-order valence-corrected chi connectivity index (χ4v) is 13.8. The number of aryl methyl sites for hydroxylation is 12. The molecule has 21 heteroatoms. The maximum Gasteiger partial charge on any atom is 0.0827 e. The van der Waals surface area contributed by atoms with Crippen molar-refractivity contribution in [1.82, 2.24) is 105 Å². The molecule has 0 unspecified atom stereocenters. The van der Waals surface area contributed by atoms with Gasteiger partial charge in [0.1, 0.15) is 0 Å². The molecule has 0 fully saturated rings. The minimum atomic E-state index is 0.635. The summed E-state index contributed by atoms with van der Waals surface area (Å²) in [6, 6.07) is 0. The van der Waals surface area contributed by atoms with Crippen molar-refractivity contribution in [3.05, 3.63) is 83.2 Å². The molecule has 0 N–H and O–H groups in total. The molecule has 0 bridgehead atoms. The molecule has 21 nitrogen and oxygen atoms in total. The van der Waals surface area contributed by atoms with Gasteiger partial charge in [0.15, 0.2) is 0 Å². The summed E-state index contributed by atoms with van der Waals surface area (Å²) in [5.41, 5.74) is 8.48. The second-order valence-corrected chi connectivity index (χ2v) is 40.9. The van der Waals surface area contributed by atoms with Crippen LogP contribution in [0.3, 0.4) is 0 Å². The minimum absolute atomic E-state index is 0.635. The summed E-state index contributed by atoms with van der Waals surface area (Å²) >= 11 is 0. The zero-order chi connectivity index (χ0) is 89.4. The van der Waals surface area contributed by atoms with E-state index < -0.39 is 0 Å². The van der Waals surface area contributed by atoms with Gasteiger partial charge < -0.3 is 0 Å². The average Bonchev–Trinajstić information content (AvgIpc) is 2.08. The highest BCUT2D eigenvalue weighted by atomic mass is 15.5. The van der Waals surface area contributed by atoms with Gasteiger partial charge in [0, 0.05) is 70.6 Å². The Labute approximate surface area is 737 Å². The molecule has 0 saturated carbocycles. The van der Waals surface area contributed by atoms with E-state index in [1.165, 1.54) is 203 Å². The van der Waals surface area contributed by atoms with Gasteiger partial charge in [-0.3, -0.25) is 18.7 Å². The minimum Gasteiger partial charge on any atom is -0.252 e. The fraction of sp³-hybridized carbons (Fsp3) is 0.859. The number of rotatable bonds is 57. The van der Waals surface area contributed by atoms with Gasteiger partial charge >= 0.3 is 0 Å². The fourth-order valence-electron chi connectivity index (χ4n) is 13.8. The third kappa shape index (κ3) is 65.6. The van der Waals surface area contributed by atoms with Crippen molar-refractivity contribution in [2.75, 3.05) is 0 Å². The number of hydrogen-bond donors (Lipinski definition) is 0. The van der Waals surface area contributed by atoms with Crippen LogP contribution in [-0.4, -0.2) is 105 Å². The van der Waals surface area contributed by atoms with Gasteiger partial charge in [-0.25, -0.2) is 14.0 Å². The van der Waals surface area contributed by atoms with Crippen molar-refractivity contribution in [2.24, 2.45) is 82.9 Å². The Kier molecular flexibility index (Phi) is 65.6. The maximum absolute atomic E-state index is 4.22. The lowest BCUT2D eigenvalue weighted by molar-refractivity contribution is 0.468. The lowest BCUT2D eigenvalue weighted by Gasteiger charge is -2.08. The molecule has 0 saturated heterocycles. The Morgan fingerprint density at radius 2 is 0.450 bits per heavy atom. The van der Waals surface area contributed by atoms with Crippen LogP contribution >= 0.6 is 0 Å². The molecule has 0 aliphatic carbocycles. The smallest absolute Gasteiger partial charge is 0.0827 e. The van der Waals surface area contributed by atoms with Crippen LogP contribution in [0.25, 0.3) is 0 Å². The predicted molar refractivity (Wildman–Crippen MR) is 508 cm³/mol. The van der Waals surface area contributed by atoms with Gasteiger partial charge in [0.05, 0.1) is 58.4 Å². The predicted octanol–water partition coefficient (Wildman–Crippen LogP) is 26.2. The molecule has 7 aromatic heterocycles. The third-order valence-electron chi connectivity index (χ3n) is 21.1. The van der Waals surface area contributed by atoms with Crippen LogP contribution in [0.1, 0.15) is 420 Å². The molecule has 0 spiro atoms. The van der Waals surface area contributed by atoms with Crippen molar-refractivity contribution in [3.63, 3.8) is 0 Å². The van der Waals surface area contributed by atoms with E-state index in [9.17, 15) is 0 Å². The Bertz CT molecular complexity index is 3240. The van der Waals surface area contributed by atoms with Crippen LogP contribution < -0.4 is 0 Å². The van der Waals surface area contributed by atoms with Crippen LogP contribution in [0.4, 0.5) is 0 Å². The van der Waals surface area contributed by atoms with Crippen molar-refractivity contribution >= 4 is 0 Å². The number of hydrogen-bond acceptors (Lipinski definition) is 14. The van der Waals surface area contributed by atoms with Crippen LogP contribution in [0, 0.1) is 82.9 Å². The van der Waals surface area contributed by atoms with Gasteiger partial charge in [0.2, 0.25) is 0 Å². The molecule has 7 aromatic rings. The Hall–Kier alpha value is -6.02. The number of aromatic nitrogens is 21. The summed E-state index contributed by atoms with van der Waals surface area (Å²) in [6.07, 6.45) is 58.6. The molecular formula is C99H191N21. The Balaban J connectivity index is 0.000000700. The van der Waals surface area contributed by atoms with Gasteiger partial charge in [-0.15, -0.1) is 35.7 Å². The van der Waals surface area contributed by atoms with Crippen LogP contribution in [0.2, 0.25) is 0 Å². The molecular weight excluding hydrogens is 1480 g/mol. The summed E-state index contributed by atoms with van der Waals surface area (Å²) in [6.45, 7) is 70.5. The first-order chi connectivity index (χ1) is 57.1. The maximum atomic E-state index is 4.22. The van der Waals surface area contributed by atoms with Gasteiger partial charge in [-0.2, -0.15) is 0 Å². The summed E-state index contributed by atoms with van der Waals surface area (Å²) in [5, 5.41) is 58.2. The number of unbranched alkanes of at least 4 members (excludes halogenated alkanes) is 6. The molecule has 692 valence electrons. The Morgan fingerprint density at radius 3 is 0.792 bits per heavy atom. The third-order valence-corrected chi connectivity index (χ3v) is 21.1. The molecule has 7 rings (SSSR count). The van der Waals surface area contributed by atoms with E-state index in [1.807, 2.05) is 37.3 Å². The van der Waals surface area contributed by atoms with Gasteiger partial charge in [0.25, 0.3) is 0 Å². The molecule has 7 heterocycles. The van der Waals surface area contributed by atoms with E-state index in [0.29, 0.717) is 11.8 Å². The lowest BCUT2D eigenvalue weighted by Crippen LogP contribution is -2.08. The highest BCUT2D eigenvalue weighted by Crippen LogP contribution is 2.19. The summed E-state index contributed by atoms with van der Waals surface area (Å²) in [4.78, 5) is 0. The standard InChI is InChI=1S/C16H31N3.C15H29N3.3C14H27N3.2C13H25N3/c1-14(2)9-6-5-7-11-16-13-17-18-19(16)12-8-10-15(3)4;1-13(2)8-5-6-11-18-15(12-16-17-18)10-7-9-14(3)4;2*1-12(2)7-5-9-14-11-17(16-15-14)10-6-8-13(3)4;1-12(2)8-6-5-7-9-14-11-17(16-15-14)10-13(3)4;1-11(2)6-5-9-16-10-13(14-15-16)8-7-12(3)4;1-11(2)7-5-6-8-16-13(9-12(3)4)10-14-15-16/h13-15H,5-12H2,1-4H3;12-14H,5-11H2,1-4H3;3*11-13H,5-10H2,1-4H3;2*10-12H,5-9H2,1-4H3. The zero-order valence-corrected chi connectivity index (χ0v) is 83.4. The van der Waals surface area contributed by atoms with Crippen molar-refractivity contribution in [3.8, 4) is 0 Å². The molecule has 0 aliphatic heterocycles. The second kappa shape index (κ2) is 70.3. The topological polar surface area (TPSA) is 215 Å². The van der Waals surface area contributed by atoms with Crippen molar-refractivity contribution in [1.29, 1.82) is 0 Å². The van der Waals surface area contributed by atoms with E-state index in [-0.39, 0.29) is 0 Å². The second-order valence-electron chi connectivity index (χ2n) is 40.9. The van der Waals surface area contributed by atoms with Crippen LogP contribution in [0.5, 0.6) is 0 Å². The largest absolute Gasteiger partial charge is 0.252 e. The van der Waals surface area contributed by atoms with E-state index in [2.05, 4.69) is 305 Å². The molecule has 0 aromatic carbocycles. The Morgan fingerprint density at radius 1 is 0.200 bits per heavy atom. The zero-order valence-electron chi connectivity index (χ0n) is 83.4. The molecule has 0 radical (unpaired) electrons. The van der Waals surface area contributed by atoms with E-state index in [0.717, 1.165) is 185 Å². The highest BCUT2D eigenvalue weighted by molar-refractivity contribution is 4.98. The summed E-state index contributed by atoms with van der Waals surface area (Å²) < 4.78 is 14.2. The lowest BCUT2D eigenvalue weighted by atomic mass is 10.0. The summed E-state index contributed by atoms with van der Waals surface area (Å²) in [7, 11) is 0. The first kappa shape index (κ1) is 112. The number of nitrogens with zero attached hydrogens (tertiary/aromatic N) is 21. The first-order valence-electron chi connectivity index (χ1n) is 49.3. The van der Waals surface area contributed by atoms with E-state index in [4.69, 9.17) is 0 Å². The molecule has 0 amide bonds. The first-order valence-corrected chi connectivity index (χ1v) is 49.3. The normalized spacial score (nSPS) is 11.7. The van der Waals surface area contributed by atoms with E-state index in [1.54, 1.807) is 0 Å². The van der Waals surface area contributed by atoms with E-state index >= 15 is 0 Å². The highest BCUT2D eigenvalue weighted by Gasteiger charge is 2.12. The SMILES string of the molecule is CC(C)CCCCCc1cn(CC(C)C)nn1.CC(C)CCCCCc1cnnn1CCCC(C)C.CC(C)CCCCn1nncc1CC(C)C.CC(C)CCCCn1nncc1CCCC(C)C.CC(C)CCCc1cn(CCCC(C)C)nn1.CC(C)CCCc1cn(CCCC(C)C)nn1.CC(C)CCCn1cc(CCC(C)C)nn1. The van der Waals surface area contributed by atoms with Crippen LogP contribution in [0.15, 0.2) is 43.4 Å². The molecule has 120 heavy (non-hydrogen) atoms. The van der Waals surface area contributed by atoms with Crippen LogP contribution in [-0.2, 0) is 90.8 Å². The quantitative estimate of drug-likeness (QED) is 0.0324. The molecule has 0 aliphatic rings.